The second kappa shape index (κ2) is 11.6. The van der Waals surface area contributed by atoms with Crippen molar-refractivity contribution in [1.82, 2.24) is 19.8 Å². The molecular formula is C33H39N7O2. The molecule has 2 aliphatic heterocycles. The average Bonchev–Trinajstić information content (AvgIpc) is 2.98. The van der Waals surface area contributed by atoms with Crippen molar-refractivity contribution in [2.75, 3.05) is 56.6 Å². The molecule has 2 fully saturated rings. The van der Waals surface area contributed by atoms with Crippen molar-refractivity contribution in [3.63, 3.8) is 0 Å². The second-order valence-corrected chi connectivity index (χ2v) is 11.8. The van der Waals surface area contributed by atoms with Gasteiger partial charge in [0.05, 0.1) is 12.2 Å². The summed E-state index contributed by atoms with van der Waals surface area (Å²) in [6.07, 6.45) is 4.28. The van der Waals surface area contributed by atoms with Crippen LogP contribution in [0.25, 0.3) is 15.6 Å². The molecular weight excluding hydrogens is 526 g/mol. The molecule has 0 N–H and O–H groups in total. The third-order valence-corrected chi connectivity index (χ3v) is 9.09. The number of carbonyl (C=O) groups excluding carboxylic acids is 1. The Bertz CT molecular complexity index is 1540. The van der Waals surface area contributed by atoms with Crippen LogP contribution in [0.5, 0.6) is 6.01 Å². The number of benzene rings is 2. The third kappa shape index (κ3) is 5.16. The Morgan fingerprint density at radius 3 is 2.67 bits per heavy atom. The SMILES string of the molecule is [C-]#[N+]C[C@H]1CN(c2nc(O[C@H]3CC[C@@H]3N(C)C)nc3c2CCN(c2cccc4cccc(C)c24)C3)CCN1C(=O)C=C. The van der Waals surface area contributed by atoms with Gasteiger partial charge in [-0.05, 0) is 63.4 Å². The van der Waals surface area contributed by atoms with E-state index in [0.29, 0.717) is 38.2 Å². The summed E-state index contributed by atoms with van der Waals surface area (Å²) < 4.78 is 6.47. The molecule has 1 saturated heterocycles. The van der Waals surface area contributed by atoms with Crippen LogP contribution in [-0.2, 0) is 17.8 Å². The quantitative estimate of drug-likeness (QED) is 0.316. The van der Waals surface area contributed by atoms with E-state index in [4.69, 9.17) is 21.3 Å². The minimum absolute atomic E-state index is 0.0585. The van der Waals surface area contributed by atoms with E-state index in [-0.39, 0.29) is 24.6 Å². The number of carbonyl (C=O) groups is 1. The number of piperazine rings is 1. The highest BCUT2D eigenvalue weighted by molar-refractivity contribution is 5.97. The standard InChI is InChI=1S/C33H39N7O2/c1-6-30(41)40-18-17-39(20-24(40)19-34-3)32-25-15-16-38(28-12-8-11-23-10-7-9-22(2)31(23)28)21-26(25)35-33(36-32)42-29-14-13-27(29)37(4)5/h6-12,24,27,29H,1,13-21H2,2,4-5H3/t24-,27-,29-/m0/s1. The molecule has 0 spiro atoms. The van der Waals surface area contributed by atoms with Gasteiger partial charge in [0.1, 0.15) is 18.0 Å². The molecule has 3 aliphatic rings. The van der Waals surface area contributed by atoms with E-state index >= 15 is 0 Å². The Hall–Kier alpha value is -4.16. The van der Waals surface area contributed by atoms with Gasteiger partial charge in [0.15, 0.2) is 0 Å². The summed E-state index contributed by atoms with van der Waals surface area (Å²) >= 11 is 0. The molecule has 0 radical (unpaired) electrons. The van der Waals surface area contributed by atoms with Crippen LogP contribution in [0.1, 0.15) is 29.7 Å². The molecule has 1 amide bonds. The number of rotatable bonds is 7. The fourth-order valence-electron chi connectivity index (χ4n) is 6.71. The molecule has 9 heteroatoms. The first-order valence-electron chi connectivity index (χ1n) is 14.8. The zero-order valence-corrected chi connectivity index (χ0v) is 24.8. The van der Waals surface area contributed by atoms with E-state index in [2.05, 4.69) is 83.5 Å². The molecule has 42 heavy (non-hydrogen) atoms. The summed E-state index contributed by atoms with van der Waals surface area (Å²) in [6.45, 7) is 16.8. The average molecular weight is 566 g/mol. The van der Waals surface area contributed by atoms with E-state index < -0.39 is 0 Å². The number of hydrogen-bond donors (Lipinski definition) is 0. The molecule has 1 aromatic heterocycles. The van der Waals surface area contributed by atoms with Crippen LogP contribution in [0, 0.1) is 13.5 Å². The van der Waals surface area contributed by atoms with Crippen LogP contribution in [0.15, 0.2) is 49.1 Å². The zero-order chi connectivity index (χ0) is 29.4. The number of fused-ring (bicyclic) bond motifs is 2. The normalized spacial score (nSPS) is 22.0. The van der Waals surface area contributed by atoms with Gasteiger partial charge in [0.25, 0.3) is 0 Å². The van der Waals surface area contributed by atoms with Crippen molar-refractivity contribution >= 4 is 28.2 Å². The van der Waals surface area contributed by atoms with E-state index in [1.807, 2.05) is 0 Å². The van der Waals surface area contributed by atoms with Crippen LogP contribution in [0.2, 0.25) is 0 Å². The molecule has 3 atom stereocenters. The van der Waals surface area contributed by atoms with E-state index in [0.717, 1.165) is 42.9 Å². The first kappa shape index (κ1) is 28.0. The van der Waals surface area contributed by atoms with Crippen LogP contribution in [-0.4, -0.2) is 90.7 Å². The number of aromatic nitrogens is 2. The van der Waals surface area contributed by atoms with Gasteiger partial charge in [-0.3, -0.25) is 4.79 Å². The van der Waals surface area contributed by atoms with Crippen molar-refractivity contribution in [2.24, 2.45) is 0 Å². The first-order chi connectivity index (χ1) is 20.4. The molecule has 3 heterocycles. The minimum Gasteiger partial charge on any atom is -0.458 e. The molecule has 2 aromatic carbocycles. The molecule has 0 bridgehead atoms. The number of aryl methyl sites for hydroxylation is 1. The van der Waals surface area contributed by atoms with Gasteiger partial charge in [-0.25, -0.2) is 6.57 Å². The third-order valence-electron chi connectivity index (χ3n) is 9.09. The van der Waals surface area contributed by atoms with Gasteiger partial charge in [-0.15, -0.1) is 0 Å². The fourth-order valence-corrected chi connectivity index (χ4v) is 6.71. The number of amides is 1. The Kier molecular flexibility index (Phi) is 7.74. The number of nitrogens with zero attached hydrogens (tertiary/aromatic N) is 7. The van der Waals surface area contributed by atoms with Crippen molar-refractivity contribution in [3.05, 3.63) is 77.3 Å². The lowest BCUT2D eigenvalue weighted by molar-refractivity contribution is -0.128. The molecule has 9 nitrogen and oxygen atoms in total. The summed E-state index contributed by atoms with van der Waals surface area (Å²) in [5.74, 6) is 0.753. The molecule has 6 rings (SSSR count). The number of likely N-dealkylation sites (N-methyl/N-ethyl adjacent to an activating group) is 1. The Morgan fingerprint density at radius 1 is 1.14 bits per heavy atom. The van der Waals surface area contributed by atoms with Gasteiger partial charge >= 0.3 is 6.01 Å². The highest BCUT2D eigenvalue weighted by Gasteiger charge is 2.37. The van der Waals surface area contributed by atoms with E-state index in [9.17, 15) is 4.79 Å². The molecule has 0 unspecified atom stereocenters. The van der Waals surface area contributed by atoms with Gasteiger partial charge in [0, 0.05) is 48.9 Å². The lowest BCUT2D eigenvalue weighted by atomic mass is 9.88. The smallest absolute Gasteiger partial charge is 0.319 e. The summed E-state index contributed by atoms with van der Waals surface area (Å²) in [7, 11) is 4.18. The number of hydrogen-bond acceptors (Lipinski definition) is 7. The van der Waals surface area contributed by atoms with Gasteiger partial charge in [-0.1, -0.05) is 36.9 Å². The van der Waals surface area contributed by atoms with Crippen molar-refractivity contribution in [2.45, 2.75) is 50.9 Å². The van der Waals surface area contributed by atoms with Crippen LogP contribution >= 0.6 is 0 Å². The van der Waals surface area contributed by atoms with Gasteiger partial charge < -0.3 is 29.2 Å². The highest BCUT2D eigenvalue weighted by atomic mass is 16.5. The van der Waals surface area contributed by atoms with Gasteiger partial charge in [0.2, 0.25) is 12.5 Å². The lowest BCUT2D eigenvalue weighted by Crippen LogP contribution is -2.56. The van der Waals surface area contributed by atoms with Crippen LogP contribution in [0.4, 0.5) is 11.5 Å². The molecule has 1 aliphatic carbocycles. The lowest BCUT2D eigenvalue weighted by Gasteiger charge is -2.42. The molecule has 1 saturated carbocycles. The largest absolute Gasteiger partial charge is 0.458 e. The maximum atomic E-state index is 12.5. The topological polar surface area (TPSA) is 69.4 Å². The monoisotopic (exact) mass is 565 g/mol. The van der Waals surface area contributed by atoms with Crippen molar-refractivity contribution in [1.29, 1.82) is 0 Å². The predicted octanol–water partition coefficient (Wildman–Crippen LogP) is 4.09. The van der Waals surface area contributed by atoms with Crippen LogP contribution in [0.3, 0.4) is 0 Å². The number of anilines is 2. The molecule has 3 aromatic rings. The van der Waals surface area contributed by atoms with E-state index in [1.165, 1.54) is 28.1 Å². The minimum atomic E-state index is -0.222. The fraction of sp³-hybridized carbons (Fsp3) is 0.455. The zero-order valence-electron chi connectivity index (χ0n) is 24.8. The van der Waals surface area contributed by atoms with Crippen molar-refractivity contribution in [3.8, 4) is 6.01 Å². The van der Waals surface area contributed by atoms with Crippen LogP contribution < -0.4 is 14.5 Å². The molecule has 218 valence electrons. The Balaban J connectivity index is 1.36. The summed E-state index contributed by atoms with van der Waals surface area (Å²) in [5.41, 5.74) is 4.61. The summed E-state index contributed by atoms with van der Waals surface area (Å²) in [4.78, 5) is 34.9. The Morgan fingerprint density at radius 2 is 1.95 bits per heavy atom. The summed E-state index contributed by atoms with van der Waals surface area (Å²) in [5, 5.41) is 2.52. The first-order valence-corrected chi connectivity index (χ1v) is 14.8. The maximum Gasteiger partial charge on any atom is 0.319 e. The second-order valence-electron chi connectivity index (χ2n) is 11.8. The van der Waals surface area contributed by atoms with E-state index in [1.54, 1.807) is 4.90 Å². The number of ether oxygens (including phenoxy) is 1. The summed E-state index contributed by atoms with van der Waals surface area (Å²) in [6, 6.07) is 13.5. The van der Waals surface area contributed by atoms with Gasteiger partial charge in [-0.2, -0.15) is 9.97 Å². The van der Waals surface area contributed by atoms with Crippen molar-refractivity contribution < 1.29 is 9.53 Å². The predicted molar refractivity (Wildman–Crippen MR) is 166 cm³/mol. The Labute approximate surface area is 248 Å². The highest BCUT2D eigenvalue weighted by Crippen LogP contribution is 2.36. The maximum absolute atomic E-state index is 12.5.